The molecule has 0 amide bonds. The lowest BCUT2D eigenvalue weighted by Gasteiger charge is -2.20. The van der Waals surface area contributed by atoms with Crippen molar-refractivity contribution in [1.29, 1.82) is 0 Å². The van der Waals surface area contributed by atoms with Crippen LogP contribution in [0.5, 0.6) is 0 Å². The first-order valence-electron chi connectivity index (χ1n) is 7.72. The molecule has 6 nitrogen and oxygen atoms in total. The number of hydrogen-bond acceptors (Lipinski definition) is 4. The molecule has 0 saturated heterocycles. The zero-order valence-electron chi connectivity index (χ0n) is 13.1. The highest BCUT2D eigenvalue weighted by Gasteiger charge is 2.16. The van der Waals surface area contributed by atoms with Crippen LogP contribution >= 0.6 is 0 Å². The number of nitrogens with zero attached hydrogens (tertiary/aromatic N) is 2. The third-order valence-corrected chi connectivity index (χ3v) is 3.93. The average Bonchev–Trinajstić information content (AvgIpc) is 3.07. The molecular weight excluding hydrogens is 299 g/mol. The molecule has 0 atom stereocenters. The summed E-state index contributed by atoms with van der Waals surface area (Å²) in [6.45, 7) is 0. The van der Waals surface area contributed by atoms with Crippen LogP contribution in [0.25, 0.3) is 11.3 Å². The Kier molecular flexibility index (Phi) is 6.22. The predicted molar refractivity (Wildman–Crippen MR) is 86.6 cm³/mol. The van der Waals surface area contributed by atoms with Gasteiger partial charge in [0.2, 0.25) is 0 Å². The lowest BCUT2D eigenvalue weighted by Crippen LogP contribution is -2.26. The Labute approximate surface area is 134 Å². The zero-order valence-corrected chi connectivity index (χ0v) is 13.1. The number of benzene rings is 1. The van der Waals surface area contributed by atoms with Crippen molar-refractivity contribution in [3.63, 3.8) is 0 Å². The maximum atomic E-state index is 12.6. The van der Waals surface area contributed by atoms with Gasteiger partial charge in [-0.25, -0.2) is 14.4 Å². The maximum absolute atomic E-state index is 12.6. The first-order chi connectivity index (χ1) is 11.1. The van der Waals surface area contributed by atoms with Gasteiger partial charge >= 0.3 is 5.82 Å². The van der Waals surface area contributed by atoms with Gasteiger partial charge in [0.05, 0.1) is 0 Å². The summed E-state index contributed by atoms with van der Waals surface area (Å²) in [7, 11) is 2.07. The van der Waals surface area contributed by atoms with Crippen LogP contribution in [0.2, 0.25) is 0 Å². The van der Waals surface area contributed by atoms with Gasteiger partial charge in [0, 0.05) is 11.6 Å². The van der Waals surface area contributed by atoms with E-state index < -0.39 is 10.7 Å². The summed E-state index contributed by atoms with van der Waals surface area (Å²) in [4.78, 5) is 16.3. The number of H-pyrrole nitrogens is 1. The van der Waals surface area contributed by atoms with Crippen LogP contribution in [0.4, 0.5) is 10.2 Å². The Hall–Kier alpha value is -2.28. The summed E-state index contributed by atoms with van der Waals surface area (Å²) in [5, 5.41) is 13.9. The smallest absolute Gasteiger partial charge is 0.348 e. The minimum absolute atomic E-state index is 0.193. The number of aromatic amines is 1. The van der Waals surface area contributed by atoms with E-state index in [9.17, 15) is 14.5 Å². The summed E-state index contributed by atoms with van der Waals surface area (Å²) >= 11 is 0. The van der Waals surface area contributed by atoms with Gasteiger partial charge in [-0.15, -0.1) is 0 Å². The van der Waals surface area contributed by atoms with E-state index in [-0.39, 0.29) is 11.5 Å². The van der Waals surface area contributed by atoms with Gasteiger partial charge in [-0.05, 0) is 49.1 Å². The third-order valence-electron chi connectivity index (χ3n) is 3.93. The summed E-state index contributed by atoms with van der Waals surface area (Å²) in [6, 6.07) is 6.18. The fourth-order valence-electron chi connectivity index (χ4n) is 2.64. The van der Waals surface area contributed by atoms with Crippen molar-refractivity contribution in [3.8, 4) is 11.3 Å². The van der Waals surface area contributed by atoms with Crippen LogP contribution in [0.15, 0.2) is 30.6 Å². The van der Waals surface area contributed by atoms with Crippen molar-refractivity contribution in [3.05, 3.63) is 46.5 Å². The largest absolute Gasteiger partial charge is 0.358 e. The molecule has 1 aliphatic carbocycles. The van der Waals surface area contributed by atoms with Crippen LogP contribution in [-0.2, 0) is 0 Å². The number of hydrogen-bond donors (Lipinski definition) is 2. The molecule has 124 valence electrons. The van der Waals surface area contributed by atoms with Crippen LogP contribution < -0.4 is 5.32 Å². The number of nitro groups is 1. The molecule has 2 N–H and O–H groups in total. The Morgan fingerprint density at radius 1 is 1.26 bits per heavy atom. The number of halogens is 1. The van der Waals surface area contributed by atoms with E-state index in [1.807, 2.05) is 0 Å². The standard InChI is InChI=1S/C9H6FN3O2.C7H15N/c10-7-3-1-6(2-4-7)8-9(13(14)15)12-5-11-8;1-8-7-5-3-2-4-6-7/h1-5H,(H,11,12);7-8H,2-6H2,1H3. The van der Waals surface area contributed by atoms with Gasteiger partial charge in [0.1, 0.15) is 5.82 Å². The minimum Gasteiger partial charge on any atom is -0.358 e. The molecule has 7 heteroatoms. The Morgan fingerprint density at radius 2 is 1.91 bits per heavy atom. The Balaban J connectivity index is 0.000000203. The van der Waals surface area contributed by atoms with Crippen molar-refractivity contribution < 1.29 is 9.31 Å². The summed E-state index contributed by atoms with van der Waals surface area (Å²) < 4.78 is 12.6. The summed E-state index contributed by atoms with van der Waals surface area (Å²) in [5.41, 5.74) is 0.712. The average molecular weight is 320 g/mol. The van der Waals surface area contributed by atoms with Crippen molar-refractivity contribution >= 4 is 5.82 Å². The molecule has 1 aliphatic rings. The predicted octanol–water partition coefficient (Wildman–Crippen LogP) is 3.66. The van der Waals surface area contributed by atoms with Crippen molar-refractivity contribution in [2.75, 3.05) is 7.05 Å². The lowest BCUT2D eigenvalue weighted by molar-refractivity contribution is -0.388. The summed E-state index contributed by atoms with van der Waals surface area (Å²) in [5.74, 6) is -0.585. The second-order valence-electron chi connectivity index (χ2n) is 5.49. The normalized spacial score (nSPS) is 14.9. The molecule has 1 fully saturated rings. The van der Waals surface area contributed by atoms with E-state index in [0.29, 0.717) is 5.56 Å². The molecule has 23 heavy (non-hydrogen) atoms. The molecule has 1 aromatic heterocycles. The fraction of sp³-hybridized carbons (Fsp3) is 0.438. The topological polar surface area (TPSA) is 83.9 Å². The molecule has 1 saturated carbocycles. The van der Waals surface area contributed by atoms with Crippen LogP contribution in [0, 0.1) is 15.9 Å². The van der Waals surface area contributed by atoms with Gasteiger partial charge in [-0.3, -0.25) is 0 Å². The lowest BCUT2D eigenvalue weighted by atomic mass is 9.96. The summed E-state index contributed by atoms with van der Waals surface area (Å²) in [6.07, 6.45) is 8.36. The first kappa shape index (κ1) is 17.1. The van der Waals surface area contributed by atoms with Gasteiger partial charge < -0.3 is 15.4 Å². The monoisotopic (exact) mass is 320 g/mol. The first-order valence-corrected chi connectivity index (χ1v) is 7.72. The zero-order chi connectivity index (χ0) is 16.7. The molecule has 0 spiro atoms. The Morgan fingerprint density at radius 3 is 2.43 bits per heavy atom. The highest BCUT2D eigenvalue weighted by Crippen LogP contribution is 2.25. The molecule has 0 radical (unpaired) electrons. The molecule has 2 aromatic rings. The number of nitrogens with one attached hydrogen (secondary N) is 2. The van der Waals surface area contributed by atoms with E-state index in [4.69, 9.17) is 0 Å². The molecular formula is C16H21FN4O2. The maximum Gasteiger partial charge on any atom is 0.348 e. The van der Waals surface area contributed by atoms with Crippen LogP contribution in [0.1, 0.15) is 32.1 Å². The van der Waals surface area contributed by atoms with E-state index in [2.05, 4.69) is 22.3 Å². The highest BCUT2D eigenvalue weighted by atomic mass is 19.1. The molecule has 0 bridgehead atoms. The van der Waals surface area contributed by atoms with E-state index in [1.165, 1.54) is 62.7 Å². The van der Waals surface area contributed by atoms with Gasteiger partial charge in [-0.2, -0.15) is 0 Å². The Bertz CT molecular complexity index is 621. The van der Waals surface area contributed by atoms with Crippen molar-refractivity contribution in [2.45, 2.75) is 38.1 Å². The molecule has 0 aliphatic heterocycles. The number of imidazole rings is 1. The van der Waals surface area contributed by atoms with E-state index in [1.54, 1.807) is 0 Å². The van der Waals surface area contributed by atoms with Gasteiger partial charge in [0.15, 0.2) is 12.0 Å². The SMILES string of the molecule is CNC1CCCCC1.O=[N+]([O-])c1[nH]cnc1-c1ccc(F)cc1. The number of aromatic nitrogens is 2. The van der Waals surface area contributed by atoms with E-state index in [0.717, 1.165) is 6.04 Å². The second kappa shape index (κ2) is 8.38. The molecule has 1 heterocycles. The van der Waals surface area contributed by atoms with Crippen molar-refractivity contribution in [2.24, 2.45) is 0 Å². The molecule has 3 rings (SSSR count). The van der Waals surface area contributed by atoms with Crippen molar-refractivity contribution in [1.82, 2.24) is 15.3 Å². The van der Waals surface area contributed by atoms with Gasteiger partial charge in [0.25, 0.3) is 0 Å². The van der Waals surface area contributed by atoms with Crippen LogP contribution in [0.3, 0.4) is 0 Å². The molecule has 0 unspecified atom stereocenters. The van der Waals surface area contributed by atoms with E-state index >= 15 is 0 Å². The number of rotatable bonds is 3. The van der Waals surface area contributed by atoms with Crippen LogP contribution in [-0.4, -0.2) is 28.0 Å². The quantitative estimate of drug-likeness (QED) is 0.667. The fourth-order valence-corrected chi connectivity index (χ4v) is 2.64. The third kappa shape index (κ3) is 4.85. The van der Waals surface area contributed by atoms with Gasteiger partial charge in [-0.1, -0.05) is 19.3 Å². The molecule has 1 aromatic carbocycles. The highest BCUT2D eigenvalue weighted by molar-refractivity contribution is 5.66. The minimum atomic E-state index is -0.564. The second-order valence-corrected chi connectivity index (χ2v) is 5.49.